The summed E-state index contributed by atoms with van der Waals surface area (Å²) in [5.74, 6) is -0.623. The van der Waals surface area contributed by atoms with Crippen molar-refractivity contribution in [3.05, 3.63) is 23.9 Å². The number of aromatic nitrogens is 1. The number of pyridine rings is 1. The summed E-state index contributed by atoms with van der Waals surface area (Å²) in [5, 5.41) is 17.3. The Morgan fingerprint density at radius 1 is 1.73 bits per heavy atom. The molecule has 1 N–H and O–H groups in total. The van der Waals surface area contributed by atoms with E-state index in [4.69, 9.17) is 10.4 Å². The molecular weight excluding hydrogens is 194 g/mol. The van der Waals surface area contributed by atoms with Crippen LogP contribution < -0.4 is 4.90 Å². The van der Waals surface area contributed by atoms with Crippen LogP contribution in [0.2, 0.25) is 0 Å². The average Bonchev–Trinajstić information content (AvgIpc) is 2.25. The Bertz CT molecular complexity index is 398. The second-order valence-electron chi connectivity index (χ2n) is 3.01. The number of nitrogens with zero attached hydrogens (tertiary/aromatic N) is 3. The van der Waals surface area contributed by atoms with E-state index in [0.29, 0.717) is 18.8 Å². The third-order valence-electron chi connectivity index (χ3n) is 1.94. The molecule has 1 heterocycles. The molecule has 1 aromatic heterocycles. The maximum absolute atomic E-state index is 10.9. The van der Waals surface area contributed by atoms with Crippen molar-refractivity contribution >= 4 is 11.8 Å². The Morgan fingerprint density at radius 2 is 2.47 bits per heavy atom. The maximum atomic E-state index is 10.9. The minimum Gasteiger partial charge on any atom is -0.478 e. The Balaban J connectivity index is 2.93. The number of hydrogen-bond donors (Lipinski definition) is 1. The number of rotatable bonds is 4. The molecule has 0 amide bonds. The molecule has 0 radical (unpaired) electrons. The summed E-state index contributed by atoms with van der Waals surface area (Å²) in [5.41, 5.74) is 0.151. The molecule has 5 nitrogen and oxygen atoms in total. The fourth-order valence-corrected chi connectivity index (χ4v) is 1.19. The van der Waals surface area contributed by atoms with E-state index < -0.39 is 5.97 Å². The third-order valence-corrected chi connectivity index (χ3v) is 1.94. The van der Waals surface area contributed by atoms with Crippen molar-refractivity contribution in [2.45, 2.75) is 6.42 Å². The molecule has 0 aliphatic carbocycles. The Hall–Kier alpha value is -2.09. The van der Waals surface area contributed by atoms with Gasteiger partial charge >= 0.3 is 5.97 Å². The van der Waals surface area contributed by atoms with Crippen molar-refractivity contribution in [3.63, 3.8) is 0 Å². The molecule has 0 aliphatic heterocycles. The van der Waals surface area contributed by atoms with Gasteiger partial charge in [-0.1, -0.05) is 0 Å². The van der Waals surface area contributed by atoms with E-state index in [-0.39, 0.29) is 5.56 Å². The number of carbonyl (C=O) groups is 1. The van der Waals surface area contributed by atoms with Gasteiger partial charge in [0.1, 0.15) is 11.4 Å². The van der Waals surface area contributed by atoms with Gasteiger partial charge < -0.3 is 10.0 Å². The summed E-state index contributed by atoms with van der Waals surface area (Å²) >= 11 is 0. The van der Waals surface area contributed by atoms with Crippen LogP contribution in [0.4, 0.5) is 5.82 Å². The Labute approximate surface area is 87.6 Å². The van der Waals surface area contributed by atoms with Crippen LogP contribution in [0.15, 0.2) is 18.3 Å². The first-order valence-corrected chi connectivity index (χ1v) is 4.43. The molecule has 0 atom stereocenters. The summed E-state index contributed by atoms with van der Waals surface area (Å²) in [7, 11) is 1.71. The summed E-state index contributed by atoms with van der Waals surface area (Å²) in [6, 6.07) is 5.07. The maximum Gasteiger partial charge on any atom is 0.339 e. The SMILES string of the molecule is CN(CCC#N)c1ncccc1C(=O)O. The molecular formula is C10H11N3O2. The van der Waals surface area contributed by atoms with Crippen molar-refractivity contribution in [1.82, 2.24) is 4.98 Å². The molecule has 5 heteroatoms. The lowest BCUT2D eigenvalue weighted by Crippen LogP contribution is -2.22. The highest BCUT2D eigenvalue weighted by molar-refractivity contribution is 5.93. The summed E-state index contributed by atoms with van der Waals surface area (Å²) < 4.78 is 0. The molecule has 0 saturated carbocycles. The minimum atomic E-state index is -1.01. The van der Waals surface area contributed by atoms with Crippen molar-refractivity contribution in [3.8, 4) is 6.07 Å². The van der Waals surface area contributed by atoms with Gasteiger partial charge in [0.15, 0.2) is 0 Å². The Kier molecular flexibility index (Phi) is 3.63. The summed E-state index contributed by atoms with van der Waals surface area (Å²) in [6.07, 6.45) is 1.87. The van der Waals surface area contributed by atoms with Gasteiger partial charge in [-0.2, -0.15) is 5.26 Å². The molecule has 0 saturated heterocycles. The molecule has 1 aromatic rings. The highest BCUT2D eigenvalue weighted by Gasteiger charge is 2.13. The molecule has 0 spiro atoms. The van der Waals surface area contributed by atoms with Gasteiger partial charge in [-0.15, -0.1) is 0 Å². The molecule has 1 rings (SSSR count). The van der Waals surface area contributed by atoms with Crippen molar-refractivity contribution in [1.29, 1.82) is 5.26 Å². The number of anilines is 1. The van der Waals surface area contributed by atoms with Crippen molar-refractivity contribution < 1.29 is 9.90 Å². The van der Waals surface area contributed by atoms with Gasteiger partial charge in [-0.25, -0.2) is 9.78 Å². The lowest BCUT2D eigenvalue weighted by molar-refractivity contribution is 0.0697. The fraction of sp³-hybridized carbons (Fsp3) is 0.300. The van der Waals surface area contributed by atoms with Crippen LogP contribution in [-0.4, -0.2) is 29.7 Å². The van der Waals surface area contributed by atoms with E-state index in [1.165, 1.54) is 12.3 Å². The van der Waals surface area contributed by atoms with Gasteiger partial charge in [-0.3, -0.25) is 0 Å². The molecule has 0 aliphatic rings. The Morgan fingerprint density at radius 3 is 3.07 bits per heavy atom. The first kappa shape index (κ1) is 11.0. The molecule has 0 fully saturated rings. The number of carboxylic acids is 1. The van der Waals surface area contributed by atoms with Crippen LogP contribution in [0.1, 0.15) is 16.8 Å². The number of aromatic carboxylic acids is 1. The molecule has 0 bridgehead atoms. The highest BCUT2D eigenvalue weighted by atomic mass is 16.4. The van der Waals surface area contributed by atoms with Crippen LogP contribution >= 0.6 is 0 Å². The zero-order chi connectivity index (χ0) is 11.3. The summed E-state index contributed by atoms with van der Waals surface area (Å²) in [6.45, 7) is 0.466. The number of nitriles is 1. The van der Waals surface area contributed by atoms with E-state index in [0.717, 1.165) is 0 Å². The minimum absolute atomic E-state index is 0.151. The zero-order valence-corrected chi connectivity index (χ0v) is 8.34. The van der Waals surface area contributed by atoms with Gasteiger partial charge in [0.25, 0.3) is 0 Å². The van der Waals surface area contributed by atoms with Crippen LogP contribution in [0.3, 0.4) is 0 Å². The van der Waals surface area contributed by atoms with E-state index >= 15 is 0 Å². The van der Waals surface area contributed by atoms with Crippen molar-refractivity contribution in [2.75, 3.05) is 18.5 Å². The normalized spacial score (nSPS) is 9.33. The first-order chi connectivity index (χ1) is 7.16. The average molecular weight is 205 g/mol. The lowest BCUT2D eigenvalue weighted by Gasteiger charge is -2.17. The van der Waals surface area contributed by atoms with E-state index in [1.807, 2.05) is 6.07 Å². The third kappa shape index (κ3) is 2.68. The second kappa shape index (κ2) is 4.96. The molecule has 78 valence electrons. The predicted octanol–water partition coefficient (Wildman–Crippen LogP) is 1.13. The monoisotopic (exact) mass is 205 g/mol. The van der Waals surface area contributed by atoms with E-state index in [2.05, 4.69) is 4.98 Å². The second-order valence-corrected chi connectivity index (χ2v) is 3.01. The highest BCUT2D eigenvalue weighted by Crippen LogP contribution is 2.15. The molecule has 0 unspecified atom stereocenters. The van der Waals surface area contributed by atoms with E-state index in [1.54, 1.807) is 18.0 Å². The quantitative estimate of drug-likeness (QED) is 0.797. The van der Waals surface area contributed by atoms with Gasteiger partial charge in [0.2, 0.25) is 0 Å². The molecule has 15 heavy (non-hydrogen) atoms. The largest absolute Gasteiger partial charge is 0.478 e. The molecule has 0 aromatic carbocycles. The van der Waals surface area contributed by atoms with Crippen LogP contribution in [-0.2, 0) is 0 Å². The summed E-state index contributed by atoms with van der Waals surface area (Å²) in [4.78, 5) is 16.5. The topological polar surface area (TPSA) is 77.2 Å². The number of hydrogen-bond acceptors (Lipinski definition) is 4. The van der Waals surface area contributed by atoms with E-state index in [9.17, 15) is 4.79 Å². The standard InChI is InChI=1S/C10H11N3O2/c1-13(7-3-5-11)9-8(10(14)15)4-2-6-12-9/h2,4,6H,3,7H2,1H3,(H,14,15). The zero-order valence-electron chi connectivity index (χ0n) is 8.34. The van der Waals surface area contributed by atoms with Gasteiger partial charge in [0, 0.05) is 19.8 Å². The van der Waals surface area contributed by atoms with Crippen molar-refractivity contribution in [2.24, 2.45) is 0 Å². The van der Waals surface area contributed by atoms with Gasteiger partial charge in [-0.05, 0) is 12.1 Å². The number of carboxylic acid groups (broad SMARTS) is 1. The lowest BCUT2D eigenvalue weighted by atomic mass is 10.2. The van der Waals surface area contributed by atoms with Crippen LogP contribution in [0.5, 0.6) is 0 Å². The fourth-order valence-electron chi connectivity index (χ4n) is 1.19. The predicted molar refractivity (Wildman–Crippen MR) is 54.7 cm³/mol. The van der Waals surface area contributed by atoms with Gasteiger partial charge in [0.05, 0.1) is 12.5 Å². The van der Waals surface area contributed by atoms with Crippen LogP contribution in [0.25, 0.3) is 0 Å². The van der Waals surface area contributed by atoms with Crippen LogP contribution in [0, 0.1) is 11.3 Å². The first-order valence-electron chi connectivity index (χ1n) is 4.43. The smallest absolute Gasteiger partial charge is 0.339 e.